The van der Waals surface area contributed by atoms with Crippen molar-refractivity contribution in [1.82, 2.24) is 10.2 Å². The summed E-state index contributed by atoms with van der Waals surface area (Å²) in [4.78, 5) is 13.6. The van der Waals surface area contributed by atoms with Gasteiger partial charge in [-0.05, 0) is 35.6 Å². The number of rotatable bonds is 3. The van der Waals surface area contributed by atoms with E-state index in [1.54, 1.807) is 7.05 Å². The number of hydrogen-bond donors (Lipinski definition) is 1. The summed E-state index contributed by atoms with van der Waals surface area (Å²) >= 11 is 0. The molecule has 0 unspecified atom stereocenters. The van der Waals surface area contributed by atoms with Gasteiger partial charge in [0.15, 0.2) is 0 Å². The van der Waals surface area contributed by atoms with Gasteiger partial charge in [-0.15, -0.1) is 0 Å². The molecule has 0 bridgehead atoms. The molecule has 0 saturated carbocycles. The summed E-state index contributed by atoms with van der Waals surface area (Å²) in [6.45, 7) is 2.98. The van der Waals surface area contributed by atoms with Gasteiger partial charge in [-0.25, -0.2) is 4.79 Å². The third-order valence-corrected chi connectivity index (χ3v) is 4.04. The van der Waals surface area contributed by atoms with Gasteiger partial charge in [0.2, 0.25) is 0 Å². The Morgan fingerprint density at radius 2 is 2.10 bits per heavy atom. The van der Waals surface area contributed by atoms with Gasteiger partial charge >= 0.3 is 6.09 Å². The summed E-state index contributed by atoms with van der Waals surface area (Å²) in [6, 6.07) is 8.51. The number of fused-ring (bicyclic) bond motifs is 1. The second-order valence-corrected chi connectivity index (χ2v) is 5.39. The molecule has 0 spiro atoms. The largest absolute Gasteiger partial charge is 0.446 e. The number of carbonyl (C=O) groups excluding carboxylic acids is 1. The second-order valence-electron chi connectivity index (χ2n) is 5.39. The van der Waals surface area contributed by atoms with Crippen LogP contribution in [0.2, 0.25) is 0 Å². The van der Waals surface area contributed by atoms with Crippen LogP contribution in [0.25, 0.3) is 11.6 Å². The van der Waals surface area contributed by atoms with Crippen LogP contribution < -0.4 is 5.32 Å². The van der Waals surface area contributed by atoms with Crippen LogP contribution in [0.5, 0.6) is 0 Å². The van der Waals surface area contributed by atoms with E-state index in [0.717, 1.165) is 32.5 Å². The fourth-order valence-electron chi connectivity index (χ4n) is 2.87. The van der Waals surface area contributed by atoms with Crippen molar-refractivity contribution in [3.63, 3.8) is 0 Å². The highest BCUT2D eigenvalue weighted by Crippen LogP contribution is 2.33. The molecule has 1 heterocycles. The predicted octanol–water partition coefficient (Wildman–Crippen LogP) is 2.36. The van der Waals surface area contributed by atoms with Crippen molar-refractivity contribution in [1.29, 1.82) is 0 Å². The summed E-state index contributed by atoms with van der Waals surface area (Å²) < 4.78 is 5.30. The lowest BCUT2D eigenvalue weighted by molar-refractivity contribution is 0.0554. The third kappa shape index (κ3) is 2.70. The maximum absolute atomic E-state index is 11.2. The Hall–Kier alpha value is -1.81. The Bertz CT molecular complexity index is 531. The molecule has 1 saturated heterocycles. The van der Waals surface area contributed by atoms with Gasteiger partial charge in [-0.3, -0.25) is 4.90 Å². The molecule has 1 aromatic carbocycles. The van der Waals surface area contributed by atoms with Crippen LogP contribution >= 0.6 is 0 Å². The summed E-state index contributed by atoms with van der Waals surface area (Å²) in [5.74, 6) is 0. The number of carbonyl (C=O) groups is 1. The average molecular weight is 272 g/mol. The van der Waals surface area contributed by atoms with Gasteiger partial charge < -0.3 is 10.1 Å². The summed E-state index contributed by atoms with van der Waals surface area (Å²) in [5.41, 5.74) is 4.16. The summed E-state index contributed by atoms with van der Waals surface area (Å²) in [6.07, 6.45) is 3.85. The number of hydrogen-bond acceptors (Lipinski definition) is 3. The van der Waals surface area contributed by atoms with E-state index in [-0.39, 0.29) is 12.2 Å². The molecule has 4 nitrogen and oxygen atoms in total. The highest BCUT2D eigenvalue weighted by Gasteiger charge is 2.24. The maximum atomic E-state index is 11.2. The zero-order valence-corrected chi connectivity index (χ0v) is 11.8. The van der Waals surface area contributed by atoms with Crippen LogP contribution in [0, 0.1) is 0 Å². The van der Waals surface area contributed by atoms with Gasteiger partial charge in [-0.2, -0.15) is 0 Å². The molecular formula is C16H20N2O2. The van der Waals surface area contributed by atoms with E-state index >= 15 is 0 Å². The lowest BCUT2D eigenvalue weighted by Crippen LogP contribution is -2.40. The van der Waals surface area contributed by atoms with Crippen molar-refractivity contribution in [3.8, 4) is 0 Å². The van der Waals surface area contributed by atoms with Crippen molar-refractivity contribution in [2.24, 2.45) is 0 Å². The van der Waals surface area contributed by atoms with Gasteiger partial charge in [0.25, 0.3) is 0 Å². The van der Waals surface area contributed by atoms with Crippen LogP contribution in [0.15, 0.2) is 24.3 Å². The van der Waals surface area contributed by atoms with Crippen LogP contribution in [-0.2, 0) is 4.74 Å². The summed E-state index contributed by atoms with van der Waals surface area (Å²) in [5, 5.41) is 2.50. The van der Waals surface area contributed by atoms with E-state index in [1.807, 2.05) is 0 Å². The van der Waals surface area contributed by atoms with E-state index in [0.29, 0.717) is 0 Å². The monoisotopic (exact) mass is 272 g/mol. The van der Waals surface area contributed by atoms with E-state index in [1.165, 1.54) is 16.7 Å². The van der Waals surface area contributed by atoms with Crippen LogP contribution in [0.4, 0.5) is 4.79 Å². The molecule has 1 fully saturated rings. The van der Waals surface area contributed by atoms with Crippen LogP contribution in [0.1, 0.15) is 24.0 Å². The third-order valence-electron chi connectivity index (χ3n) is 4.04. The van der Waals surface area contributed by atoms with E-state index in [4.69, 9.17) is 4.74 Å². The highest BCUT2D eigenvalue weighted by molar-refractivity contribution is 5.96. The summed E-state index contributed by atoms with van der Waals surface area (Å²) in [7, 11) is 1.60. The highest BCUT2D eigenvalue weighted by atomic mass is 16.6. The van der Waals surface area contributed by atoms with Crippen molar-refractivity contribution >= 4 is 17.7 Å². The lowest BCUT2D eigenvalue weighted by Gasteiger charge is -2.33. The molecule has 1 aliphatic carbocycles. The average Bonchev–Trinajstić information content (AvgIpc) is 2.46. The standard InChI is InChI=1S/C16H20N2O2/c1-17-16(19)20-14-6-8-18(9-7-14)11-13-10-12-4-2-3-5-15(12)13/h2-5,10,14H,6-9,11H2,1H3,(H,17,19). The minimum Gasteiger partial charge on any atom is -0.446 e. The number of likely N-dealkylation sites (tertiary alicyclic amines) is 1. The minimum atomic E-state index is -0.320. The van der Waals surface area contributed by atoms with Crippen molar-refractivity contribution in [2.75, 3.05) is 26.7 Å². The van der Waals surface area contributed by atoms with E-state index in [2.05, 4.69) is 40.6 Å². The zero-order chi connectivity index (χ0) is 13.9. The fourth-order valence-corrected chi connectivity index (χ4v) is 2.87. The molecule has 1 amide bonds. The molecule has 106 valence electrons. The van der Waals surface area contributed by atoms with Crippen molar-refractivity contribution in [2.45, 2.75) is 18.9 Å². The molecule has 0 radical (unpaired) electrons. The number of alkyl carbamates (subject to hydrolysis) is 1. The van der Waals surface area contributed by atoms with Gasteiger partial charge in [-0.1, -0.05) is 24.3 Å². The Morgan fingerprint density at radius 3 is 2.80 bits per heavy atom. The molecule has 0 atom stereocenters. The van der Waals surface area contributed by atoms with Crippen LogP contribution in [-0.4, -0.2) is 43.8 Å². The number of amides is 1. The molecule has 3 rings (SSSR count). The second kappa shape index (κ2) is 5.67. The first kappa shape index (κ1) is 13.2. The number of ether oxygens (including phenoxy) is 1. The number of piperidine rings is 1. The van der Waals surface area contributed by atoms with Gasteiger partial charge in [0, 0.05) is 26.7 Å². The first-order valence-electron chi connectivity index (χ1n) is 7.17. The fraction of sp³-hybridized carbons (Fsp3) is 0.438. The minimum absolute atomic E-state index is 0.0638. The number of benzene rings is 1. The topological polar surface area (TPSA) is 41.6 Å². The SMILES string of the molecule is CNC(=O)OC1CCN(CC2=Cc3ccccc32)CC1. The Balaban J connectivity index is 1.47. The molecule has 1 N–H and O–H groups in total. The van der Waals surface area contributed by atoms with Crippen LogP contribution in [0.3, 0.4) is 0 Å². The number of nitrogens with zero attached hydrogens (tertiary/aromatic N) is 1. The quantitative estimate of drug-likeness (QED) is 0.918. The van der Waals surface area contributed by atoms with Crippen molar-refractivity contribution < 1.29 is 9.53 Å². The first-order valence-corrected chi connectivity index (χ1v) is 7.17. The molecule has 1 aliphatic heterocycles. The Labute approximate surface area is 119 Å². The molecule has 1 aromatic rings. The maximum Gasteiger partial charge on any atom is 0.407 e. The molecule has 0 aromatic heterocycles. The smallest absolute Gasteiger partial charge is 0.407 e. The molecule has 20 heavy (non-hydrogen) atoms. The van der Waals surface area contributed by atoms with E-state index < -0.39 is 0 Å². The Morgan fingerprint density at radius 1 is 1.35 bits per heavy atom. The normalized spacial score (nSPS) is 18.8. The zero-order valence-electron chi connectivity index (χ0n) is 11.8. The Kier molecular flexibility index (Phi) is 3.74. The molecular weight excluding hydrogens is 252 g/mol. The van der Waals surface area contributed by atoms with E-state index in [9.17, 15) is 4.79 Å². The lowest BCUT2D eigenvalue weighted by atomic mass is 9.88. The first-order chi connectivity index (χ1) is 9.76. The predicted molar refractivity (Wildman–Crippen MR) is 79.3 cm³/mol. The van der Waals surface area contributed by atoms with Crippen molar-refractivity contribution in [3.05, 3.63) is 35.4 Å². The number of nitrogens with one attached hydrogen (secondary N) is 1. The molecule has 4 heteroatoms. The molecule has 2 aliphatic rings. The van der Waals surface area contributed by atoms with Gasteiger partial charge in [0.05, 0.1) is 0 Å². The van der Waals surface area contributed by atoms with Gasteiger partial charge in [0.1, 0.15) is 6.10 Å².